The van der Waals surface area contributed by atoms with Crippen molar-refractivity contribution in [3.8, 4) is 0 Å². The van der Waals surface area contributed by atoms with Crippen LogP contribution in [0.15, 0.2) is 6.07 Å². The molecule has 6 heteroatoms. The number of aryl methyl sites for hydroxylation is 1. The Balaban J connectivity index is 1.95. The second-order valence-electron chi connectivity index (χ2n) is 5.01. The number of nitrogens with zero attached hydrogens (tertiary/aromatic N) is 3. The summed E-state index contributed by atoms with van der Waals surface area (Å²) in [5.74, 6) is 1.52. The monoisotopic (exact) mass is 263 g/mol. The third-order valence-electron chi connectivity index (χ3n) is 3.51. The summed E-state index contributed by atoms with van der Waals surface area (Å²) < 4.78 is 0. The number of carbonyl (C=O) groups is 1. The van der Waals surface area contributed by atoms with Crippen molar-refractivity contribution in [2.24, 2.45) is 11.7 Å². The van der Waals surface area contributed by atoms with Gasteiger partial charge in [0.05, 0.1) is 6.54 Å². The van der Waals surface area contributed by atoms with E-state index in [0.717, 1.165) is 49.8 Å². The van der Waals surface area contributed by atoms with Gasteiger partial charge in [0.1, 0.15) is 11.6 Å². The lowest BCUT2D eigenvalue weighted by Gasteiger charge is -2.29. The third kappa shape index (κ3) is 3.64. The van der Waals surface area contributed by atoms with Gasteiger partial charge in [-0.1, -0.05) is 0 Å². The van der Waals surface area contributed by atoms with Crippen molar-refractivity contribution in [2.75, 3.05) is 25.5 Å². The lowest BCUT2D eigenvalue weighted by molar-refractivity contribution is -0.123. The van der Waals surface area contributed by atoms with Crippen LogP contribution in [0.25, 0.3) is 0 Å². The summed E-state index contributed by atoms with van der Waals surface area (Å²) >= 11 is 0. The molecule has 104 valence electrons. The molecular weight excluding hydrogens is 242 g/mol. The molecule has 0 atom stereocenters. The molecule has 1 aliphatic heterocycles. The van der Waals surface area contributed by atoms with Gasteiger partial charge in [0, 0.05) is 24.7 Å². The molecule has 3 N–H and O–H groups in total. The predicted molar refractivity (Wildman–Crippen MR) is 73.5 cm³/mol. The number of likely N-dealkylation sites (tertiary alicyclic amines) is 1. The van der Waals surface area contributed by atoms with Gasteiger partial charge >= 0.3 is 0 Å². The highest BCUT2D eigenvalue weighted by Crippen LogP contribution is 2.18. The molecule has 1 aromatic heterocycles. The average Bonchev–Trinajstić information content (AvgIpc) is 2.38. The zero-order valence-electron chi connectivity index (χ0n) is 11.5. The van der Waals surface area contributed by atoms with Gasteiger partial charge in [0.15, 0.2) is 0 Å². The van der Waals surface area contributed by atoms with E-state index in [1.165, 1.54) is 0 Å². The van der Waals surface area contributed by atoms with Crippen molar-refractivity contribution in [2.45, 2.75) is 26.3 Å². The first kappa shape index (κ1) is 13.7. The molecule has 1 aliphatic rings. The summed E-state index contributed by atoms with van der Waals surface area (Å²) in [6.07, 6.45) is 1.67. The van der Waals surface area contributed by atoms with E-state index in [0.29, 0.717) is 0 Å². The average molecular weight is 263 g/mol. The minimum atomic E-state index is -0.177. The Labute approximate surface area is 113 Å². The van der Waals surface area contributed by atoms with Crippen molar-refractivity contribution in [1.82, 2.24) is 14.9 Å². The standard InChI is InChI=1S/C13H21N5O/c1-9-7-11(15-2)17-12(16-9)8-18-5-3-10(4-6-18)13(14)19/h7,10H,3-6,8H2,1-2H3,(H2,14,19)(H,15,16,17). The van der Waals surface area contributed by atoms with E-state index < -0.39 is 0 Å². The number of rotatable bonds is 4. The van der Waals surface area contributed by atoms with Crippen molar-refractivity contribution in [3.05, 3.63) is 17.6 Å². The van der Waals surface area contributed by atoms with Gasteiger partial charge in [-0.3, -0.25) is 9.69 Å². The zero-order valence-corrected chi connectivity index (χ0v) is 11.5. The van der Waals surface area contributed by atoms with Crippen molar-refractivity contribution in [3.63, 3.8) is 0 Å². The Kier molecular flexibility index (Phi) is 4.31. The summed E-state index contributed by atoms with van der Waals surface area (Å²) in [5, 5.41) is 3.04. The van der Waals surface area contributed by atoms with E-state index in [-0.39, 0.29) is 11.8 Å². The van der Waals surface area contributed by atoms with Crippen LogP contribution in [0, 0.1) is 12.8 Å². The van der Waals surface area contributed by atoms with Crippen molar-refractivity contribution in [1.29, 1.82) is 0 Å². The molecule has 1 amide bonds. The number of piperidine rings is 1. The summed E-state index contributed by atoms with van der Waals surface area (Å²) in [6, 6.07) is 1.92. The summed E-state index contributed by atoms with van der Waals surface area (Å²) in [4.78, 5) is 22.3. The number of carbonyl (C=O) groups excluding carboxylic acids is 1. The van der Waals surface area contributed by atoms with Crippen LogP contribution in [0.2, 0.25) is 0 Å². The molecule has 2 heterocycles. The molecule has 1 fully saturated rings. The molecule has 0 spiro atoms. The van der Waals surface area contributed by atoms with Gasteiger partial charge in [-0.05, 0) is 32.9 Å². The minimum Gasteiger partial charge on any atom is -0.373 e. The van der Waals surface area contributed by atoms with Crippen LogP contribution in [0.5, 0.6) is 0 Å². The van der Waals surface area contributed by atoms with E-state index in [2.05, 4.69) is 20.2 Å². The fraction of sp³-hybridized carbons (Fsp3) is 0.615. The van der Waals surface area contributed by atoms with Crippen LogP contribution >= 0.6 is 0 Å². The maximum Gasteiger partial charge on any atom is 0.220 e. The van der Waals surface area contributed by atoms with E-state index in [1.54, 1.807) is 0 Å². The highest BCUT2D eigenvalue weighted by Gasteiger charge is 2.23. The Morgan fingerprint density at radius 2 is 2.16 bits per heavy atom. The second kappa shape index (κ2) is 5.97. The highest BCUT2D eigenvalue weighted by molar-refractivity contribution is 5.76. The van der Waals surface area contributed by atoms with Crippen LogP contribution in [-0.4, -0.2) is 40.9 Å². The summed E-state index contributed by atoms with van der Waals surface area (Å²) in [6.45, 7) is 4.44. The number of hydrogen-bond donors (Lipinski definition) is 2. The molecule has 0 radical (unpaired) electrons. The molecule has 6 nitrogen and oxygen atoms in total. The van der Waals surface area contributed by atoms with E-state index >= 15 is 0 Å². The fourth-order valence-corrected chi connectivity index (χ4v) is 2.40. The summed E-state index contributed by atoms with van der Waals surface area (Å²) in [5.41, 5.74) is 6.29. The minimum absolute atomic E-state index is 0.0301. The maximum atomic E-state index is 11.1. The van der Waals surface area contributed by atoms with Crippen LogP contribution in [0.1, 0.15) is 24.4 Å². The number of nitrogens with one attached hydrogen (secondary N) is 1. The Bertz CT molecular complexity index is 454. The normalized spacial score (nSPS) is 17.4. The summed E-state index contributed by atoms with van der Waals surface area (Å²) in [7, 11) is 1.85. The van der Waals surface area contributed by atoms with Crippen molar-refractivity contribution >= 4 is 11.7 Å². The number of primary amides is 1. The topological polar surface area (TPSA) is 84.1 Å². The Morgan fingerprint density at radius 1 is 1.47 bits per heavy atom. The van der Waals surface area contributed by atoms with Gasteiger partial charge in [-0.15, -0.1) is 0 Å². The fourth-order valence-electron chi connectivity index (χ4n) is 2.40. The Hall–Kier alpha value is -1.69. The highest BCUT2D eigenvalue weighted by atomic mass is 16.1. The molecule has 2 rings (SSSR count). The lowest BCUT2D eigenvalue weighted by atomic mass is 9.96. The van der Waals surface area contributed by atoms with Gasteiger partial charge in [0.2, 0.25) is 5.91 Å². The first-order valence-corrected chi connectivity index (χ1v) is 6.62. The second-order valence-corrected chi connectivity index (χ2v) is 5.01. The number of nitrogens with two attached hydrogens (primary N) is 1. The third-order valence-corrected chi connectivity index (χ3v) is 3.51. The van der Waals surface area contributed by atoms with Gasteiger partial charge in [0.25, 0.3) is 0 Å². The van der Waals surface area contributed by atoms with E-state index in [4.69, 9.17) is 5.73 Å². The molecule has 19 heavy (non-hydrogen) atoms. The number of hydrogen-bond acceptors (Lipinski definition) is 5. The van der Waals surface area contributed by atoms with E-state index in [9.17, 15) is 4.79 Å². The molecule has 0 aliphatic carbocycles. The van der Waals surface area contributed by atoms with Gasteiger partial charge in [-0.25, -0.2) is 9.97 Å². The SMILES string of the molecule is CNc1cc(C)nc(CN2CCC(C(N)=O)CC2)n1. The van der Waals surface area contributed by atoms with Gasteiger partial charge < -0.3 is 11.1 Å². The quantitative estimate of drug-likeness (QED) is 0.827. The van der Waals surface area contributed by atoms with Crippen LogP contribution in [0.3, 0.4) is 0 Å². The van der Waals surface area contributed by atoms with Gasteiger partial charge in [-0.2, -0.15) is 0 Å². The molecule has 0 unspecified atom stereocenters. The maximum absolute atomic E-state index is 11.1. The smallest absolute Gasteiger partial charge is 0.220 e. The van der Waals surface area contributed by atoms with Crippen LogP contribution < -0.4 is 11.1 Å². The van der Waals surface area contributed by atoms with E-state index in [1.807, 2.05) is 20.0 Å². The first-order valence-electron chi connectivity index (χ1n) is 6.62. The predicted octanol–water partition coefficient (Wildman–Crippen LogP) is 0.524. The Morgan fingerprint density at radius 3 is 2.74 bits per heavy atom. The van der Waals surface area contributed by atoms with Crippen molar-refractivity contribution < 1.29 is 4.79 Å². The molecular formula is C13H21N5O. The molecule has 0 saturated carbocycles. The first-order chi connectivity index (χ1) is 9.08. The van der Waals surface area contributed by atoms with Crippen LogP contribution in [0.4, 0.5) is 5.82 Å². The zero-order chi connectivity index (χ0) is 13.8. The molecule has 1 saturated heterocycles. The number of anilines is 1. The molecule has 0 aromatic carbocycles. The lowest BCUT2D eigenvalue weighted by Crippen LogP contribution is -2.38. The largest absolute Gasteiger partial charge is 0.373 e. The molecule has 0 bridgehead atoms. The number of aromatic nitrogens is 2. The molecule has 1 aromatic rings. The number of amides is 1. The van der Waals surface area contributed by atoms with Crippen LogP contribution in [-0.2, 0) is 11.3 Å².